The minimum Gasteiger partial charge on any atom is -0.462 e. The largest absolute Gasteiger partial charge is 0.462 e. The van der Waals surface area contributed by atoms with E-state index in [9.17, 15) is 14.4 Å². The fourth-order valence-electron chi connectivity index (χ4n) is 8.46. The van der Waals surface area contributed by atoms with Crippen LogP contribution in [0.5, 0.6) is 0 Å². The summed E-state index contributed by atoms with van der Waals surface area (Å²) in [6, 6.07) is 0. The van der Waals surface area contributed by atoms with Gasteiger partial charge in [-0.15, -0.1) is 0 Å². The molecule has 0 aliphatic heterocycles. The van der Waals surface area contributed by atoms with Gasteiger partial charge >= 0.3 is 17.9 Å². The van der Waals surface area contributed by atoms with Crippen LogP contribution in [-0.2, 0) is 28.6 Å². The average molecular weight is 1140 g/mol. The second-order valence-electron chi connectivity index (χ2n) is 21.3. The zero-order chi connectivity index (χ0) is 59.9. The van der Waals surface area contributed by atoms with Crippen LogP contribution >= 0.6 is 0 Å². The Hall–Kier alpha value is -5.49. The molecule has 0 spiro atoms. The standard InChI is InChI=1S/C77H120O6/c1-4-7-10-13-16-19-22-25-28-31-33-34-35-36-37-38-39-40-41-42-44-46-49-52-55-58-61-64-67-70-76(79)82-73-74(72-81-75(78)69-66-63-60-57-54-51-48-45-30-27-24-21-18-15-12-9-6-3)83-77(80)71-68-65-62-59-56-53-50-47-43-32-29-26-23-20-17-14-11-8-5-2/h7-8,10-11,16-21,25-30,33-34,36-37,39-40,42-44,47,49,52-53,56,74H,4-6,9,12-15,22-24,31-32,35,38,41,45-46,48,50-51,54-55,57-73H2,1-3H3/b10-7-,11-8-,19-16-,20-17-,21-18-,28-25-,29-26-,30-27-,34-33-,37-36-,40-39-,44-42-,47-43-,52-49-,56-53-. The molecule has 0 aromatic carbocycles. The second kappa shape index (κ2) is 69.0. The second-order valence-corrected chi connectivity index (χ2v) is 21.3. The fourth-order valence-corrected chi connectivity index (χ4v) is 8.46. The van der Waals surface area contributed by atoms with E-state index in [1.165, 1.54) is 51.4 Å². The lowest BCUT2D eigenvalue weighted by molar-refractivity contribution is -0.167. The van der Waals surface area contributed by atoms with Crippen LogP contribution in [0.2, 0.25) is 0 Å². The highest BCUT2D eigenvalue weighted by atomic mass is 16.6. The van der Waals surface area contributed by atoms with Crippen LogP contribution in [0.25, 0.3) is 0 Å². The quantitative estimate of drug-likeness (QED) is 0.0261. The number of carbonyl (C=O) groups excluding carboxylic acids is 3. The van der Waals surface area contributed by atoms with Crippen molar-refractivity contribution in [2.75, 3.05) is 13.2 Å². The molecule has 1 unspecified atom stereocenters. The maximum Gasteiger partial charge on any atom is 0.306 e. The lowest BCUT2D eigenvalue weighted by atomic mass is 10.1. The normalized spacial score (nSPS) is 13.3. The van der Waals surface area contributed by atoms with Crippen molar-refractivity contribution in [1.82, 2.24) is 0 Å². The Kier molecular flexibility index (Phi) is 64.4. The number of carbonyl (C=O) groups is 3. The molecule has 0 saturated carbocycles. The van der Waals surface area contributed by atoms with Crippen molar-refractivity contribution in [3.63, 3.8) is 0 Å². The van der Waals surface area contributed by atoms with Gasteiger partial charge in [-0.25, -0.2) is 0 Å². The zero-order valence-electron chi connectivity index (χ0n) is 53.1. The van der Waals surface area contributed by atoms with Gasteiger partial charge in [0.2, 0.25) is 0 Å². The Balaban J connectivity index is 4.51. The van der Waals surface area contributed by atoms with Gasteiger partial charge in [0.15, 0.2) is 6.10 Å². The summed E-state index contributed by atoms with van der Waals surface area (Å²) in [5.74, 6) is -0.983. The third-order valence-electron chi connectivity index (χ3n) is 13.4. The third-order valence-corrected chi connectivity index (χ3v) is 13.4. The molecule has 1 atom stereocenters. The van der Waals surface area contributed by atoms with E-state index in [1.54, 1.807) is 0 Å². The van der Waals surface area contributed by atoms with Gasteiger partial charge in [0.25, 0.3) is 0 Å². The lowest BCUT2D eigenvalue weighted by Gasteiger charge is -2.18. The molecule has 83 heavy (non-hydrogen) atoms. The van der Waals surface area contributed by atoms with Crippen LogP contribution in [0.4, 0.5) is 0 Å². The Bertz CT molecular complexity index is 1940. The van der Waals surface area contributed by atoms with Gasteiger partial charge in [0.1, 0.15) is 13.2 Å². The van der Waals surface area contributed by atoms with Gasteiger partial charge < -0.3 is 14.2 Å². The van der Waals surface area contributed by atoms with Crippen molar-refractivity contribution >= 4 is 17.9 Å². The van der Waals surface area contributed by atoms with Crippen LogP contribution in [0.1, 0.15) is 265 Å². The molecular weight excluding hydrogens is 1020 g/mol. The fraction of sp³-hybridized carbons (Fsp3) is 0.571. The molecule has 0 saturated heterocycles. The van der Waals surface area contributed by atoms with E-state index in [0.717, 1.165) is 167 Å². The lowest BCUT2D eigenvalue weighted by Crippen LogP contribution is -2.30. The first-order chi connectivity index (χ1) is 41.0. The summed E-state index contributed by atoms with van der Waals surface area (Å²) in [6.45, 7) is 6.33. The van der Waals surface area contributed by atoms with E-state index in [1.807, 2.05) is 0 Å². The Morgan fingerprint density at radius 2 is 0.470 bits per heavy atom. The molecule has 464 valence electrons. The molecule has 0 aromatic heterocycles. The van der Waals surface area contributed by atoms with Crippen LogP contribution in [0.15, 0.2) is 182 Å². The van der Waals surface area contributed by atoms with E-state index in [4.69, 9.17) is 14.2 Å². The third kappa shape index (κ3) is 67.2. The van der Waals surface area contributed by atoms with Gasteiger partial charge in [0, 0.05) is 19.3 Å². The number of ether oxygens (including phenoxy) is 3. The molecule has 0 aliphatic carbocycles. The van der Waals surface area contributed by atoms with Crippen LogP contribution in [0.3, 0.4) is 0 Å². The number of esters is 3. The van der Waals surface area contributed by atoms with E-state index in [0.29, 0.717) is 19.3 Å². The summed E-state index contributed by atoms with van der Waals surface area (Å²) in [5.41, 5.74) is 0. The van der Waals surface area contributed by atoms with E-state index in [2.05, 4.69) is 203 Å². The van der Waals surface area contributed by atoms with Gasteiger partial charge in [-0.1, -0.05) is 267 Å². The van der Waals surface area contributed by atoms with Crippen LogP contribution in [0, 0.1) is 0 Å². The Labute approximate surface area is 510 Å². The number of unbranched alkanes of at least 4 members (excludes halogenated alkanes) is 17. The van der Waals surface area contributed by atoms with Gasteiger partial charge in [-0.2, -0.15) is 0 Å². The van der Waals surface area contributed by atoms with E-state index >= 15 is 0 Å². The molecule has 0 amide bonds. The van der Waals surface area contributed by atoms with Gasteiger partial charge in [-0.05, 0) is 161 Å². The summed E-state index contributed by atoms with van der Waals surface area (Å²) in [5, 5.41) is 0. The summed E-state index contributed by atoms with van der Waals surface area (Å²) < 4.78 is 16.9. The summed E-state index contributed by atoms with van der Waals surface area (Å²) in [4.78, 5) is 38.4. The molecule has 6 heteroatoms. The molecule has 0 rings (SSSR count). The molecule has 0 N–H and O–H groups in total. The first kappa shape index (κ1) is 77.5. The molecule has 0 aliphatic rings. The molecular formula is C77H120O6. The molecule has 6 nitrogen and oxygen atoms in total. The Morgan fingerprint density at radius 3 is 0.747 bits per heavy atom. The van der Waals surface area contributed by atoms with Crippen LogP contribution < -0.4 is 0 Å². The molecule has 0 heterocycles. The minimum atomic E-state index is -0.822. The number of hydrogen-bond acceptors (Lipinski definition) is 6. The highest BCUT2D eigenvalue weighted by Gasteiger charge is 2.19. The highest BCUT2D eigenvalue weighted by Crippen LogP contribution is 2.14. The van der Waals surface area contributed by atoms with Crippen molar-refractivity contribution in [2.45, 2.75) is 271 Å². The van der Waals surface area contributed by atoms with Crippen molar-refractivity contribution < 1.29 is 28.6 Å². The van der Waals surface area contributed by atoms with Crippen molar-refractivity contribution in [3.8, 4) is 0 Å². The molecule has 0 bridgehead atoms. The van der Waals surface area contributed by atoms with Crippen molar-refractivity contribution in [2.24, 2.45) is 0 Å². The maximum atomic E-state index is 12.9. The molecule has 0 radical (unpaired) electrons. The van der Waals surface area contributed by atoms with Crippen LogP contribution in [-0.4, -0.2) is 37.2 Å². The monoisotopic (exact) mass is 1140 g/mol. The summed E-state index contributed by atoms with van der Waals surface area (Å²) >= 11 is 0. The highest BCUT2D eigenvalue weighted by molar-refractivity contribution is 5.71. The Morgan fingerprint density at radius 1 is 0.253 bits per heavy atom. The predicted octanol–water partition coefficient (Wildman–Crippen LogP) is 23.2. The molecule has 0 aromatic rings. The number of hydrogen-bond donors (Lipinski definition) is 0. The predicted molar refractivity (Wildman–Crippen MR) is 361 cm³/mol. The van der Waals surface area contributed by atoms with Crippen molar-refractivity contribution in [3.05, 3.63) is 182 Å². The average Bonchev–Trinajstić information content (AvgIpc) is 3.49. The minimum absolute atomic E-state index is 0.113. The first-order valence-electron chi connectivity index (χ1n) is 33.3. The number of rotatable bonds is 58. The topological polar surface area (TPSA) is 78.9 Å². The van der Waals surface area contributed by atoms with E-state index in [-0.39, 0.29) is 37.5 Å². The van der Waals surface area contributed by atoms with Crippen molar-refractivity contribution in [1.29, 1.82) is 0 Å². The zero-order valence-corrected chi connectivity index (χ0v) is 53.1. The summed E-state index contributed by atoms with van der Waals surface area (Å²) in [7, 11) is 0. The summed E-state index contributed by atoms with van der Waals surface area (Å²) in [6.07, 6.45) is 103. The maximum absolute atomic E-state index is 12.9. The first-order valence-corrected chi connectivity index (χ1v) is 33.3. The van der Waals surface area contributed by atoms with E-state index < -0.39 is 6.10 Å². The number of allylic oxidation sites excluding steroid dienone is 30. The molecule has 0 fully saturated rings. The van der Waals surface area contributed by atoms with Gasteiger partial charge in [-0.3, -0.25) is 14.4 Å². The SMILES string of the molecule is CC/C=C\C/C=C\C/C=C\C/C=C\C/C=C\C/C=C\C/C=C\C/C=C\CCCCCCC(=O)OCC(COC(=O)CCCCCCCCC/C=C\C/C=C\CCCCC)OC(=O)CCCCC/C=C\C/C=C\C/C=C\C/C=C\C/C=C\CC. The smallest absolute Gasteiger partial charge is 0.306 e. The van der Waals surface area contributed by atoms with Gasteiger partial charge in [0.05, 0.1) is 0 Å².